The first kappa shape index (κ1) is 12.6. The molecular weight excluding hydrogens is 250 g/mol. The minimum atomic E-state index is 0.612. The largest absolute Gasteiger partial charge is 0.340 e. The van der Waals surface area contributed by atoms with Crippen LogP contribution in [0.25, 0.3) is 5.78 Å². The number of hydrogen-bond acceptors (Lipinski definition) is 4. The Labute approximate surface area is 117 Å². The first-order valence-electron chi connectivity index (χ1n) is 6.72. The smallest absolute Gasteiger partial charge is 0.254 e. The summed E-state index contributed by atoms with van der Waals surface area (Å²) in [5.41, 5.74) is 4.39. The third kappa shape index (κ3) is 2.11. The number of aromatic nitrogens is 4. The van der Waals surface area contributed by atoms with E-state index in [1.165, 1.54) is 11.9 Å². The third-order valence-electron chi connectivity index (χ3n) is 3.53. The van der Waals surface area contributed by atoms with Gasteiger partial charge in [0.15, 0.2) is 0 Å². The van der Waals surface area contributed by atoms with Crippen LogP contribution in [0.15, 0.2) is 30.6 Å². The average molecular weight is 267 g/mol. The molecule has 0 saturated carbocycles. The standard InChI is InChI=1S/C15H17N5/c1-4-12-5-7-13(8-6-12)19-14-10(2)11(3)18-15-16-9-17-20(14)15/h5-9,19H,4H2,1-3H3. The van der Waals surface area contributed by atoms with Crippen molar-refractivity contribution in [1.82, 2.24) is 19.6 Å². The molecule has 0 aliphatic heterocycles. The first-order valence-corrected chi connectivity index (χ1v) is 6.72. The summed E-state index contributed by atoms with van der Waals surface area (Å²) in [7, 11) is 0. The fourth-order valence-corrected chi connectivity index (χ4v) is 2.14. The van der Waals surface area contributed by atoms with E-state index >= 15 is 0 Å². The maximum atomic E-state index is 4.41. The molecule has 0 atom stereocenters. The molecule has 0 fully saturated rings. The molecule has 5 heteroatoms. The Bertz CT molecular complexity index is 743. The van der Waals surface area contributed by atoms with Crippen molar-refractivity contribution in [2.24, 2.45) is 0 Å². The van der Waals surface area contributed by atoms with Gasteiger partial charge in [-0.1, -0.05) is 19.1 Å². The fraction of sp³-hybridized carbons (Fsp3) is 0.267. The predicted octanol–water partition coefficient (Wildman–Crippen LogP) is 3.05. The zero-order chi connectivity index (χ0) is 14.1. The van der Waals surface area contributed by atoms with Crippen molar-refractivity contribution in [2.45, 2.75) is 27.2 Å². The summed E-state index contributed by atoms with van der Waals surface area (Å²) >= 11 is 0. The van der Waals surface area contributed by atoms with Gasteiger partial charge < -0.3 is 5.32 Å². The predicted molar refractivity (Wildman–Crippen MR) is 79.4 cm³/mol. The van der Waals surface area contributed by atoms with E-state index in [0.717, 1.165) is 29.2 Å². The number of fused-ring (bicyclic) bond motifs is 1. The Hall–Kier alpha value is -2.43. The number of nitrogens with zero attached hydrogens (tertiary/aromatic N) is 4. The van der Waals surface area contributed by atoms with Crippen molar-refractivity contribution in [3.63, 3.8) is 0 Å². The van der Waals surface area contributed by atoms with Gasteiger partial charge in [0.05, 0.1) is 0 Å². The summed E-state index contributed by atoms with van der Waals surface area (Å²) in [5.74, 6) is 1.52. The second-order valence-corrected chi connectivity index (χ2v) is 4.82. The minimum Gasteiger partial charge on any atom is -0.340 e. The number of benzene rings is 1. The highest BCUT2D eigenvalue weighted by atomic mass is 15.4. The SMILES string of the molecule is CCc1ccc(Nc2c(C)c(C)nc3ncnn23)cc1. The summed E-state index contributed by atoms with van der Waals surface area (Å²) in [4.78, 5) is 8.57. The fourth-order valence-electron chi connectivity index (χ4n) is 2.14. The molecule has 0 aliphatic carbocycles. The van der Waals surface area contributed by atoms with E-state index in [2.05, 4.69) is 51.6 Å². The molecular formula is C15H17N5. The Morgan fingerprint density at radius 3 is 2.60 bits per heavy atom. The maximum Gasteiger partial charge on any atom is 0.254 e. The molecule has 3 rings (SSSR count). The normalized spacial score (nSPS) is 10.9. The van der Waals surface area contributed by atoms with Gasteiger partial charge in [-0.15, -0.1) is 0 Å². The maximum absolute atomic E-state index is 4.41. The van der Waals surface area contributed by atoms with Gasteiger partial charge in [-0.2, -0.15) is 14.6 Å². The van der Waals surface area contributed by atoms with Crippen LogP contribution in [0.1, 0.15) is 23.7 Å². The van der Waals surface area contributed by atoms with Gasteiger partial charge in [-0.3, -0.25) is 0 Å². The Kier molecular flexibility index (Phi) is 3.10. The van der Waals surface area contributed by atoms with Gasteiger partial charge in [0, 0.05) is 16.9 Å². The van der Waals surface area contributed by atoms with Gasteiger partial charge in [0.25, 0.3) is 5.78 Å². The molecule has 0 amide bonds. The van der Waals surface area contributed by atoms with E-state index < -0.39 is 0 Å². The third-order valence-corrected chi connectivity index (χ3v) is 3.53. The number of aryl methyl sites for hydroxylation is 2. The van der Waals surface area contributed by atoms with E-state index in [4.69, 9.17) is 0 Å². The van der Waals surface area contributed by atoms with Gasteiger partial charge in [-0.05, 0) is 38.0 Å². The molecule has 0 bridgehead atoms. The molecule has 0 unspecified atom stereocenters. The van der Waals surface area contributed by atoms with E-state index in [1.54, 1.807) is 4.52 Å². The zero-order valence-corrected chi connectivity index (χ0v) is 11.9. The highest BCUT2D eigenvalue weighted by Gasteiger charge is 2.11. The zero-order valence-electron chi connectivity index (χ0n) is 11.9. The number of rotatable bonds is 3. The van der Waals surface area contributed by atoms with Crippen molar-refractivity contribution < 1.29 is 0 Å². The van der Waals surface area contributed by atoms with Crippen LogP contribution in [-0.4, -0.2) is 19.6 Å². The van der Waals surface area contributed by atoms with Crippen LogP contribution >= 0.6 is 0 Å². The van der Waals surface area contributed by atoms with E-state index in [1.807, 2.05) is 13.8 Å². The number of anilines is 2. The summed E-state index contributed by atoms with van der Waals surface area (Å²) in [6.07, 6.45) is 2.56. The van der Waals surface area contributed by atoms with E-state index in [0.29, 0.717) is 5.78 Å². The van der Waals surface area contributed by atoms with Gasteiger partial charge in [0.1, 0.15) is 12.1 Å². The molecule has 5 nitrogen and oxygen atoms in total. The second-order valence-electron chi connectivity index (χ2n) is 4.82. The first-order chi connectivity index (χ1) is 9.69. The molecule has 0 radical (unpaired) electrons. The van der Waals surface area contributed by atoms with Crippen LogP contribution < -0.4 is 5.32 Å². The van der Waals surface area contributed by atoms with Gasteiger partial charge >= 0.3 is 0 Å². The molecule has 2 heterocycles. The molecule has 1 N–H and O–H groups in total. The van der Waals surface area contributed by atoms with Crippen LogP contribution in [0.2, 0.25) is 0 Å². The molecule has 0 spiro atoms. The monoisotopic (exact) mass is 267 g/mol. The number of nitrogens with one attached hydrogen (secondary N) is 1. The summed E-state index contributed by atoms with van der Waals surface area (Å²) < 4.78 is 1.73. The lowest BCUT2D eigenvalue weighted by atomic mass is 10.1. The highest BCUT2D eigenvalue weighted by molar-refractivity contribution is 5.62. The van der Waals surface area contributed by atoms with Crippen molar-refractivity contribution in [1.29, 1.82) is 0 Å². The number of hydrogen-bond donors (Lipinski definition) is 1. The summed E-state index contributed by atoms with van der Waals surface area (Å²) in [6, 6.07) is 8.42. The van der Waals surface area contributed by atoms with Gasteiger partial charge in [-0.25, -0.2) is 4.98 Å². The van der Waals surface area contributed by atoms with Crippen LogP contribution in [0.5, 0.6) is 0 Å². The lowest BCUT2D eigenvalue weighted by Crippen LogP contribution is -2.06. The molecule has 3 aromatic rings. The minimum absolute atomic E-state index is 0.612. The lowest BCUT2D eigenvalue weighted by molar-refractivity contribution is 0.923. The lowest BCUT2D eigenvalue weighted by Gasteiger charge is -2.12. The average Bonchev–Trinajstić information content (AvgIpc) is 2.92. The quantitative estimate of drug-likeness (QED) is 0.792. The summed E-state index contributed by atoms with van der Waals surface area (Å²) in [6.45, 7) is 6.17. The van der Waals surface area contributed by atoms with E-state index in [-0.39, 0.29) is 0 Å². The van der Waals surface area contributed by atoms with Crippen molar-refractivity contribution >= 4 is 17.3 Å². The van der Waals surface area contributed by atoms with Crippen LogP contribution in [-0.2, 0) is 6.42 Å². The molecule has 20 heavy (non-hydrogen) atoms. The Morgan fingerprint density at radius 1 is 1.15 bits per heavy atom. The van der Waals surface area contributed by atoms with Crippen molar-refractivity contribution in [3.8, 4) is 0 Å². The van der Waals surface area contributed by atoms with Gasteiger partial charge in [0.2, 0.25) is 0 Å². The highest BCUT2D eigenvalue weighted by Crippen LogP contribution is 2.22. The van der Waals surface area contributed by atoms with Crippen LogP contribution in [0.4, 0.5) is 11.5 Å². The van der Waals surface area contributed by atoms with E-state index in [9.17, 15) is 0 Å². The molecule has 102 valence electrons. The Morgan fingerprint density at radius 2 is 1.90 bits per heavy atom. The van der Waals surface area contributed by atoms with Crippen LogP contribution in [0, 0.1) is 13.8 Å². The molecule has 0 aliphatic rings. The van der Waals surface area contributed by atoms with Crippen molar-refractivity contribution in [2.75, 3.05) is 5.32 Å². The molecule has 2 aromatic heterocycles. The van der Waals surface area contributed by atoms with Crippen molar-refractivity contribution in [3.05, 3.63) is 47.4 Å². The summed E-state index contributed by atoms with van der Waals surface area (Å²) in [5, 5.41) is 7.64. The Balaban J connectivity index is 2.04. The van der Waals surface area contributed by atoms with Crippen LogP contribution in [0.3, 0.4) is 0 Å². The molecule has 1 aromatic carbocycles. The second kappa shape index (κ2) is 4.92. The molecule has 0 saturated heterocycles. The topological polar surface area (TPSA) is 55.1 Å².